The Bertz CT molecular complexity index is 609. The first-order chi connectivity index (χ1) is 8.16. The summed E-state index contributed by atoms with van der Waals surface area (Å²) in [5, 5.41) is 12.6. The second-order valence-electron chi connectivity index (χ2n) is 3.85. The molecule has 0 saturated carbocycles. The first-order valence-electron chi connectivity index (χ1n) is 5.52. The Balaban J connectivity index is 2.47. The van der Waals surface area contributed by atoms with E-state index in [9.17, 15) is 14.7 Å². The number of hydrogen-bond donors (Lipinski definition) is 2. The minimum absolute atomic E-state index is 0.0131. The van der Waals surface area contributed by atoms with Crippen LogP contribution in [-0.4, -0.2) is 11.7 Å². The topological polar surface area (TPSA) is 66.4 Å². The van der Waals surface area contributed by atoms with Gasteiger partial charge in [0.2, 0.25) is 10.9 Å². The van der Waals surface area contributed by atoms with Crippen LogP contribution in [0.4, 0.5) is 5.69 Å². The van der Waals surface area contributed by atoms with Gasteiger partial charge in [-0.2, -0.15) is 0 Å². The highest BCUT2D eigenvalue weighted by Gasteiger charge is 2.23. The van der Waals surface area contributed by atoms with Gasteiger partial charge in [-0.05, 0) is 12.5 Å². The molecule has 0 aliphatic carbocycles. The summed E-state index contributed by atoms with van der Waals surface area (Å²) in [4.78, 5) is 22.9. The van der Waals surface area contributed by atoms with Crippen molar-refractivity contribution < 1.29 is 5.11 Å². The van der Waals surface area contributed by atoms with Crippen LogP contribution in [0.2, 0.25) is 0 Å². The summed E-state index contributed by atoms with van der Waals surface area (Å²) in [6, 6.07) is 6.51. The van der Waals surface area contributed by atoms with Gasteiger partial charge < -0.3 is 10.4 Å². The molecule has 0 bridgehead atoms. The van der Waals surface area contributed by atoms with Crippen molar-refractivity contribution in [3.63, 3.8) is 0 Å². The average Bonchev–Trinajstić information content (AvgIpc) is 2.35. The molecule has 17 heavy (non-hydrogen) atoms. The number of phenols is 1. The van der Waals surface area contributed by atoms with Gasteiger partial charge >= 0.3 is 0 Å². The fourth-order valence-corrected chi connectivity index (χ4v) is 1.75. The molecule has 0 spiro atoms. The quantitative estimate of drug-likeness (QED) is 0.782. The Labute approximate surface area is 98.2 Å². The zero-order chi connectivity index (χ0) is 12.4. The number of nitrogens with one attached hydrogen (secondary N) is 1. The fraction of sp³-hybridized carbons (Fsp3) is 0.231. The summed E-state index contributed by atoms with van der Waals surface area (Å²) in [6.07, 6.45) is 0.860. The molecular formula is C13H13NO3. The van der Waals surface area contributed by atoms with Crippen LogP contribution in [0.5, 0.6) is 5.75 Å². The van der Waals surface area contributed by atoms with Gasteiger partial charge in [-0.1, -0.05) is 25.1 Å². The number of para-hydroxylation sites is 1. The lowest BCUT2D eigenvalue weighted by Gasteiger charge is -2.13. The Hall–Kier alpha value is -2.10. The smallest absolute Gasteiger partial charge is 0.250 e. The summed E-state index contributed by atoms with van der Waals surface area (Å²) >= 11 is 0. The third kappa shape index (κ3) is 1.82. The van der Waals surface area contributed by atoms with Crippen molar-refractivity contribution in [1.29, 1.82) is 0 Å². The normalized spacial score (nSPS) is 10.6. The van der Waals surface area contributed by atoms with E-state index in [4.69, 9.17) is 0 Å². The van der Waals surface area contributed by atoms with Crippen LogP contribution >= 0.6 is 0 Å². The first kappa shape index (κ1) is 11.4. The van der Waals surface area contributed by atoms with Gasteiger partial charge in [0.25, 0.3) is 0 Å². The van der Waals surface area contributed by atoms with E-state index in [0.29, 0.717) is 23.4 Å². The second-order valence-corrected chi connectivity index (χ2v) is 3.85. The van der Waals surface area contributed by atoms with Crippen LogP contribution in [0.25, 0.3) is 11.1 Å². The Morgan fingerprint density at radius 2 is 1.88 bits per heavy atom. The molecular weight excluding hydrogens is 218 g/mol. The lowest BCUT2D eigenvalue weighted by molar-refractivity contribution is 0.477. The van der Waals surface area contributed by atoms with Crippen LogP contribution in [0.3, 0.4) is 0 Å². The minimum atomic E-state index is -0.537. The van der Waals surface area contributed by atoms with E-state index in [1.165, 1.54) is 6.07 Å². The van der Waals surface area contributed by atoms with Crippen molar-refractivity contribution in [2.24, 2.45) is 0 Å². The predicted molar refractivity (Wildman–Crippen MR) is 67.2 cm³/mol. The average molecular weight is 231 g/mol. The summed E-state index contributed by atoms with van der Waals surface area (Å²) in [5.41, 5.74) is -0.0163. The minimum Gasteiger partial charge on any atom is -0.507 e. The molecule has 0 aliphatic heterocycles. The molecule has 0 atom stereocenters. The summed E-state index contributed by atoms with van der Waals surface area (Å²) < 4.78 is 0. The molecule has 0 unspecified atom stereocenters. The molecule has 4 heteroatoms. The van der Waals surface area contributed by atoms with E-state index in [1.54, 1.807) is 18.2 Å². The van der Waals surface area contributed by atoms with Crippen molar-refractivity contribution in [1.82, 2.24) is 0 Å². The van der Waals surface area contributed by atoms with Gasteiger partial charge in [-0.25, -0.2) is 0 Å². The molecule has 0 radical (unpaired) electrons. The van der Waals surface area contributed by atoms with Gasteiger partial charge in [0.15, 0.2) is 0 Å². The molecule has 0 saturated heterocycles. The number of hydrogen-bond acceptors (Lipinski definition) is 4. The van der Waals surface area contributed by atoms with Crippen molar-refractivity contribution in [3.8, 4) is 16.9 Å². The molecule has 2 aromatic carbocycles. The molecule has 0 aromatic heterocycles. The third-order valence-corrected chi connectivity index (χ3v) is 2.64. The third-order valence-electron chi connectivity index (χ3n) is 2.64. The lowest BCUT2D eigenvalue weighted by atomic mass is 9.97. The van der Waals surface area contributed by atoms with Crippen LogP contribution in [-0.2, 0) is 0 Å². The molecule has 2 aromatic rings. The van der Waals surface area contributed by atoms with Crippen molar-refractivity contribution in [2.45, 2.75) is 13.3 Å². The molecule has 0 heterocycles. The number of anilines is 1. The monoisotopic (exact) mass is 231 g/mol. The number of rotatable bonds is 4. The largest absolute Gasteiger partial charge is 0.507 e. The number of benzene rings is 1. The van der Waals surface area contributed by atoms with Crippen LogP contribution in [0.15, 0.2) is 33.9 Å². The summed E-state index contributed by atoms with van der Waals surface area (Å²) in [5.74, 6) is 0.0131. The molecule has 2 rings (SSSR count). The van der Waals surface area contributed by atoms with E-state index in [-0.39, 0.29) is 5.75 Å². The van der Waals surface area contributed by atoms with Crippen LogP contribution in [0, 0.1) is 0 Å². The number of phenolic OH excluding ortho intramolecular Hbond substituents is 1. The highest BCUT2D eigenvalue weighted by Crippen LogP contribution is 2.30. The summed E-state index contributed by atoms with van der Waals surface area (Å²) in [7, 11) is 0. The molecule has 0 fully saturated rings. The predicted octanol–water partition coefficient (Wildman–Crippen LogP) is 1.48. The van der Waals surface area contributed by atoms with Gasteiger partial charge in [-0.3, -0.25) is 9.59 Å². The van der Waals surface area contributed by atoms with Crippen molar-refractivity contribution in [2.75, 3.05) is 11.9 Å². The number of aromatic hydroxyl groups is 1. The SMILES string of the molecule is CCCNc1c(-c2ccccc2O)c(=O)c1=O. The fourth-order valence-electron chi connectivity index (χ4n) is 1.75. The van der Waals surface area contributed by atoms with E-state index >= 15 is 0 Å². The Kier molecular flexibility index (Phi) is 2.95. The first-order valence-corrected chi connectivity index (χ1v) is 5.52. The molecule has 0 amide bonds. The Morgan fingerprint density at radius 3 is 2.53 bits per heavy atom. The maximum absolute atomic E-state index is 11.5. The maximum atomic E-state index is 11.5. The molecule has 2 N–H and O–H groups in total. The highest BCUT2D eigenvalue weighted by atomic mass is 16.3. The van der Waals surface area contributed by atoms with E-state index < -0.39 is 10.9 Å². The Morgan fingerprint density at radius 1 is 1.18 bits per heavy atom. The van der Waals surface area contributed by atoms with E-state index in [2.05, 4.69) is 5.32 Å². The second kappa shape index (κ2) is 4.41. The zero-order valence-electron chi connectivity index (χ0n) is 9.49. The standard InChI is InChI=1S/C13H13NO3/c1-2-7-14-11-10(12(16)13(11)17)8-5-3-4-6-9(8)15/h3-6,14-15H,2,7H2,1H3. The maximum Gasteiger partial charge on any atom is 0.250 e. The lowest BCUT2D eigenvalue weighted by Crippen LogP contribution is -2.36. The molecule has 88 valence electrons. The molecule has 0 aliphatic rings. The van der Waals surface area contributed by atoms with Crippen molar-refractivity contribution >= 4 is 5.69 Å². The van der Waals surface area contributed by atoms with Crippen molar-refractivity contribution in [3.05, 3.63) is 44.7 Å². The summed E-state index contributed by atoms with van der Waals surface area (Å²) in [6.45, 7) is 2.60. The molecule has 4 nitrogen and oxygen atoms in total. The van der Waals surface area contributed by atoms with Crippen LogP contribution in [0.1, 0.15) is 13.3 Å². The van der Waals surface area contributed by atoms with E-state index in [1.807, 2.05) is 6.92 Å². The van der Waals surface area contributed by atoms with Gasteiger partial charge in [0.1, 0.15) is 5.75 Å². The van der Waals surface area contributed by atoms with Gasteiger partial charge in [0, 0.05) is 12.1 Å². The highest BCUT2D eigenvalue weighted by molar-refractivity contribution is 5.84. The van der Waals surface area contributed by atoms with E-state index in [0.717, 1.165) is 6.42 Å². The van der Waals surface area contributed by atoms with Crippen LogP contribution < -0.4 is 16.2 Å². The zero-order valence-corrected chi connectivity index (χ0v) is 9.49. The van der Waals surface area contributed by atoms with Gasteiger partial charge in [0.05, 0.1) is 11.3 Å². The van der Waals surface area contributed by atoms with Gasteiger partial charge in [-0.15, -0.1) is 0 Å².